The maximum atomic E-state index is 9.40. The molecule has 1 nitrogen and oxygen atoms in total. The van der Waals surface area contributed by atoms with Crippen molar-refractivity contribution in [2.75, 3.05) is 0 Å². The van der Waals surface area contributed by atoms with Crippen molar-refractivity contribution in [3.63, 3.8) is 0 Å². The van der Waals surface area contributed by atoms with Crippen LogP contribution in [0.3, 0.4) is 0 Å². The van der Waals surface area contributed by atoms with Gasteiger partial charge in [0.05, 0.1) is 0 Å². The van der Waals surface area contributed by atoms with E-state index in [1.165, 1.54) is 11.1 Å². The molecule has 0 radical (unpaired) electrons. The van der Waals surface area contributed by atoms with Gasteiger partial charge in [0.15, 0.2) is 0 Å². The lowest BCUT2D eigenvalue weighted by molar-refractivity contribution is 0.613. The Kier molecular flexibility index (Phi) is 3.76. The van der Waals surface area contributed by atoms with Gasteiger partial charge in [-0.3, -0.25) is 0 Å². The zero-order chi connectivity index (χ0) is 10.7. The molecule has 0 aliphatic heterocycles. The Bertz CT molecular complexity index is 279. The van der Waals surface area contributed by atoms with Crippen LogP contribution in [0.2, 0.25) is 0 Å². The number of hydrogen-bond donors (Lipinski definition) is 1. The Balaban J connectivity index is 3.25. The molecule has 2 heteroatoms. The first-order chi connectivity index (χ1) is 6.57. The van der Waals surface area contributed by atoms with Gasteiger partial charge in [-0.15, -0.1) is 0 Å². The van der Waals surface area contributed by atoms with Crippen molar-refractivity contribution < 1.29 is 5.02 Å². The van der Waals surface area contributed by atoms with Gasteiger partial charge in [-0.25, -0.2) is 0 Å². The van der Waals surface area contributed by atoms with Crippen molar-refractivity contribution in [3.8, 4) is 0 Å². The minimum absolute atomic E-state index is 0.155. The molecule has 0 aromatic heterocycles. The lowest BCUT2D eigenvalue weighted by Gasteiger charge is -2.17. The number of benzene rings is 1. The van der Waals surface area contributed by atoms with E-state index in [0.717, 1.165) is 5.46 Å². The van der Waals surface area contributed by atoms with Gasteiger partial charge in [0, 0.05) is 0 Å². The minimum atomic E-state index is 0.155. The van der Waals surface area contributed by atoms with Gasteiger partial charge in [0.2, 0.25) is 0 Å². The van der Waals surface area contributed by atoms with Gasteiger partial charge in [0.1, 0.15) is 0 Å². The maximum Gasteiger partial charge on any atom is 0.305 e. The smallest absolute Gasteiger partial charge is 0.305 e. The summed E-state index contributed by atoms with van der Waals surface area (Å²) < 4.78 is 0. The van der Waals surface area contributed by atoms with Gasteiger partial charge in [-0.1, -0.05) is 45.9 Å². The van der Waals surface area contributed by atoms with Crippen LogP contribution in [0.5, 0.6) is 0 Å². The van der Waals surface area contributed by atoms with Crippen molar-refractivity contribution >= 4 is 12.9 Å². The maximum absolute atomic E-state index is 9.40. The molecule has 0 amide bonds. The largest absolute Gasteiger partial charge is 0.449 e. The second kappa shape index (κ2) is 4.65. The van der Waals surface area contributed by atoms with Gasteiger partial charge in [0.25, 0.3) is 0 Å². The van der Waals surface area contributed by atoms with Crippen LogP contribution in [0.25, 0.3) is 0 Å². The van der Waals surface area contributed by atoms with Crippen LogP contribution in [-0.4, -0.2) is 12.5 Å². The molecule has 0 heterocycles. The third kappa shape index (κ3) is 2.18. The summed E-state index contributed by atoms with van der Waals surface area (Å²) in [4.78, 5) is 0. The number of rotatable bonds is 3. The molecule has 0 bridgehead atoms. The Hall–Kier alpha value is -0.755. The molecular weight excluding hydrogens is 171 g/mol. The molecule has 0 fully saturated rings. The van der Waals surface area contributed by atoms with E-state index in [4.69, 9.17) is 0 Å². The van der Waals surface area contributed by atoms with E-state index in [-0.39, 0.29) is 7.48 Å². The summed E-state index contributed by atoms with van der Waals surface area (Å²) in [5, 5.41) is 9.40. The molecule has 0 saturated carbocycles. The standard InChI is InChI=1S/C12H19BO/c1-8(2)10-6-5-7-11(9(3)4)12(10)13-14/h5-9,13-14H,1-4H3. The summed E-state index contributed by atoms with van der Waals surface area (Å²) in [5.74, 6) is 0.965. The third-order valence-corrected chi connectivity index (χ3v) is 2.65. The molecule has 1 N–H and O–H groups in total. The van der Waals surface area contributed by atoms with Crippen LogP contribution in [0.1, 0.15) is 50.7 Å². The van der Waals surface area contributed by atoms with Crippen molar-refractivity contribution in [1.82, 2.24) is 0 Å². The Morgan fingerprint density at radius 1 is 1.00 bits per heavy atom. The van der Waals surface area contributed by atoms with Crippen LogP contribution in [-0.2, 0) is 0 Å². The van der Waals surface area contributed by atoms with Crippen molar-refractivity contribution in [2.24, 2.45) is 0 Å². The highest BCUT2D eigenvalue weighted by atomic mass is 16.2. The summed E-state index contributed by atoms with van der Waals surface area (Å²) in [6.07, 6.45) is 0. The summed E-state index contributed by atoms with van der Waals surface area (Å²) in [7, 11) is 0.155. The first-order valence-corrected chi connectivity index (χ1v) is 5.30. The molecule has 0 saturated heterocycles. The van der Waals surface area contributed by atoms with Gasteiger partial charge in [-0.05, 0) is 28.4 Å². The predicted octanol–water partition coefficient (Wildman–Crippen LogP) is 1.90. The lowest BCUT2D eigenvalue weighted by atomic mass is 9.75. The van der Waals surface area contributed by atoms with E-state index >= 15 is 0 Å². The van der Waals surface area contributed by atoms with E-state index in [1.54, 1.807) is 0 Å². The molecular formula is C12H19BO. The monoisotopic (exact) mass is 190 g/mol. The Morgan fingerprint density at radius 3 is 1.71 bits per heavy atom. The second-order valence-corrected chi connectivity index (χ2v) is 4.38. The fraction of sp³-hybridized carbons (Fsp3) is 0.500. The van der Waals surface area contributed by atoms with Crippen LogP contribution in [0.4, 0.5) is 0 Å². The van der Waals surface area contributed by atoms with Crippen molar-refractivity contribution in [3.05, 3.63) is 29.3 Å². The van der Waals surface area contributed by atoms with Gasteiger partial charge in [-0.2, -0.15) is 0 Å². The normalized spacial score (nSPS) is 11.1. The van der Waals surface area contributed by atoms with Gasteiger partial charge >= 0.3 is 7.48 Å². The Morgan fingerprint density at radius 2 is 1.43 bits per heavy atom. The summed E-state index contributed by atoms with van der Waals surface area (Å²) >= 11 is 0. The van der Waals surface area contributed by atoms with Crippen LogP contribution < -0.4 is 5.46 Å². The topological polar surface area (TPSA) is 20.2 Å². The van der Waals surface area contributed by atoms with Crippen LogP contribution in [0.15, 0.2) is 18.2 Å². The minimum Gasteiger partial charge on any atom is -0.449 e. The first-order valence-electron chi connectivity index (χ1n) is 5.30. The van der Waals surface area contributed by atoms with Crippen LogP contribution >= 0.6 is 0 Å². The second-order valence-electron chi connectivity index (χ2n) is 4.38. The highest BCUT2D eigenvalue weighted by Gasteiger charge is 2.12. The molecule has 76 valence electrons. The summed E-state index contributed by atoms with van der Waals surface area (Å²) in [6, 6.07) is 6.31. The fourth-order valence-corrected chi connectivity index (χ4v) is 1.89. The SMILES string of the molecule is CC(C)c1cccc(C(C)C)c1BO. The highest BCUT2D eigenvalue weighted by Crippen LogP contribution is 2.18. The van der Waals surface area contributed by atoms with Crippen LogP contribution in [0, 0.1) is 0 Å². The van der Waals surface area contributed by atoms with E-state index in [2.05, 4.69) is 45.9 Å². The summed E-state index contributed by atoms with van der Waals surface area (Å²) in [6.45, 7) is 8.66. The molecule has 1 aromatic carbocycles. The molecule has 1 rings (SSSR count). The molecule has 0 aliphatic carbocycles. The molecule has 0 unspecified atom stereocenters. The van der Waals surface area contributed by atoms with Crippen molar-refractivity contribution in [2.45, 2.75) is 39.5 Å². The predicted molar refractivity (Wildman–Crippen MR) is 63.6 cm³/mol. The lowest BCUT2D eigenvalue weighted by Crippen LogP contribution is -2.25. The van der Waals surface area contributed by atoms with Crippen molar-refractivity contribution in [1.29, 1.82) is 0 Å². The highest BCUT2D eigenvalue weighted by molar-refractivity contribution is 6.47. The summed E-state index contributed by atoms with van der Waals surface area (Å²) in [5.41, 5.74) is 3.68. The first kappa shape index (κ1) is 11.3. The fourth-order valence-electron chi connectivity index (χ4n) is 1.89. The quantitative estimate of drug-likeness (QED) is 0.721. The van der Waals surface area contributed by atoms with E-state index in [9.17, 15) is 5.02 Å². The zero-order valence-electron chi connectivity index (χ0n) is 9.54. The zero-order valence-corrected chi connectivity index (χ0v) is 9.54. The molecule has 0 aliphatic rings. The van der Waals surface area contributed by atoms with E-state index < -0.39 is 0 Å². The average Bonchev–Trinajstić information content (AvgIpc) is 2.16. The molecule has 14 heavy (non-hydrogen) atoms. The number of hydrogen-bond acceptors (Lipinski definition) is 1. The average molecular weight is 190 g/mol. The molecule has 1 aromatic rings. The third-order valence-electron chi connectivity index (χ3n) is 2.65. The molecule has 0 spiro atoms. The van der Waals surface area contributed by atoms with Gasteiger partial charge < -0.3 is 5.02 Å². The van der Waals surface area contributed by atoms with E-state index in [1.807, 2.05) is 0 Å². The Labute approximate surface area is 87.4 Å². The molecule has 0 atom stereocenters. The van der Waals surface area contributed by atoms with E-state index in [0.29, 0.717) is 11.8 Å².